The molecule has 0 saturated carbocycles. The molecule has 188 valence electrons. The third-order valence-electron chi connectivity index (χ3n) is 8.50. The average molecular weight is 608 g/mol. The van der Waals surface area contributed by atoms with Gasteiger partial charge in [0.15, 0.2) is 0 Å². The third-order valence-corrected chi connectivity index (χ3v) is 9.88. The van der Waals surface area contributed by atoms with Crippen molar-refractivity contribution in [3.05, 3.63) is 68.1 Å². The van der Waals surface area contributed by atoms with Gasteiger partial charge in [-0.2, -0.15) is 0 Å². The lowest BCUT2D eigenvalue weighted by Gasteiger charge is -2.50. The molecule has 2 unspecified atom stereocenters. The lowest BCUT2D eigenvalue weighted by Crippen LogP contribution is -2.46. The molecular formula is C32H36Br2N2. The Morgan fingerprint density at radius 1 is 0.694 bits per heavy atom. The number of nitrogens with zero attached hydrogens (tertiary/aromatic N) is 2. The predicted molar refractivity (Wildman–Crippen MR) is 163 cm³/mol. The van der Waals surface area contributed by atoms with Gasteiger partial charge in [0.25, 0.3) is 0 Å². The zero-order valence-electron chi connectivity index (χ0n) is 21.5. The molecule has 0 aromatic heterocycles. The van der Waals surface area contributed by atoms with Crippen molar-refractivity contribution in [1.29, 1.82) is 0 Å². The van der Waals surface area contributed by atoms with Crippen LogP contribution in [0.25, 0.3) is 16.8 Å². The molecule has 6 rings (SSSR count). The van der Waals surface area contributed by atoms with Crippen molar-refractivity contribution in [2.45, 2.75) is 77.2 Å². The Hall–Kier alpha value is -1.78. The van der Waals surface area contributed by atoms with Crippen LogP contribution < -0.4 is 9.80 Å². The monoisotopic (exact) mass is 606 g/mol. The highest BCUT2D eigenvalue weighted by Gasteiger charge is 2.45. The summed E-state index contributed by atoms with van der Waals surface area (Å²) in [7, 11) is 0. The van der Waals surface area contributed by atoms with E-state index in [1.54, 1.807) is 5.56 Å². The van der Waals surface area contributed by atoms with E-state index in [1.165, 1.54) is 99.3 Å². The molecule has 0 spiro atoms. The minimum Gasteiger partial charge on any atom is -0.364 e. The van der Waals surface area contributed by atoms with Gasteiger partial charge in [0, 0.05) is 50.4 Å². The number of hydrogen-bond acceptors (Lipinski definition) is 2. The standard InChI is InChI=1S/C32H36Br2N2/c1-3-5-7-9-19-35-25-17-13-23(33)21-12-16-28-32(29(21)25)31-27(35)15-11-22-24(34)14-18-26(30(22)31)36(28)20-10-8-6-4-2/h11-18,27,31H,3-10,19-20H2,1-2H3. The molecule has 0 N–H and O–H groups in total. The minimum absolute atomic E-state index is 0.368. The van der Waals surface area contributed by atoms with Crippen molar-refractivity contribution in [1.82, 2.24) is 0 Å². The third kappa shape index (κ3) is 3.86. The molecule has 4 heteroatoms. The van der Waals surface area contributed by atoms with E-state index in [-0.39, 0.29) is 0 Å². The highest BCUT2D eigenvalue weighted by atomic mass is 79.9. The molecule has 3 aromatic rings. The number of anilines is 3. The second kappa shape index (κ2) is 10.2. The molecule has 2 nitrogen and oxygen atoms in total. The minimum atomic E-state index is 0.368. The van der Waals surface area contributed by atoms with E-state index in [0.717, 1.165) is 13.1 Å². The largest absolute Gasteiger partial charge is 0.364 e. The van der Waals surface area contributed by atoms with E-state index in [2.05, 4.69) is 104 Å². The van der Waals surface area contributed by atoms with E-state index < -0.39 is 0 Å². The van der Waals surface area contributed by atoms with Gasteiger partial charge < -0.3 is 9.80 Å². The van der Waals surface area contributed by atoms with Crippen LogP contribution in [0.4, 0.5) is 17.1 Å². The SMILES string of the molecule is CCCCCCN1c2ccc(Br)c3c2C2c4c1ccc1c(Br)ccc(c41)N(CCCCCC)C2C=C3. The van der Waals surface area contributed by atoms with Gasteiger partial charge in [-0.1, -0.05) is 102 Å². The van der Waals surface area contributed by atoms with Gasteiger partial charge in [-0.25, -0.2) is 0 Å². The zero-order chi connectivity index (χ0) is 24.8. The molecule has 2 heterocycles. The van der Waals surface area contributed by atoms with Crippen molar-refractivity contribution in [2.75, 3.05) is 22.9 Å². The summed E-state index contributed by atoms with van der Waals surface area (Å²) in [6.45, 7) is 6.79. The Bertz CT molecular complexity index is 1330. The van der Waals surface area contributed by atoms with Crippen LogP contribution in [0.3, 0.4) is 0 Å². The lowest BCUT2D eigenvalue weighted by atomic mass is 9.70. The average Bonchev–Trinajstić information content (AvgIpc) is 2.90. The van der Waals surface area contributed by atoms with Crippen LogP contribution in [0, 0.1) is 0 Å². The first-order chi connectivity index (χ1) is 17.7. The van der Waals surface area contributed by atoms with E-state index in [1.807, 2.05) is 0 Å². The summed E-state index contributed by atoms with van der Waals surface area (Å²) in [6.07, 6.45) is 15.2. The highest BCUT2D eigenvalue weighted by molar-refractivity contribution is 9.11. The quantitative estimate of drug-likeness (QED) is 0.211. The highest BCUT2D eigenvalue weighted by Crippen LogP contribution is 2.59. The number of halogens is 2. The van der Waals surface area contributed by atoms with E-state index >= 15 is 0 Å². The number of benzene rings is 3. The number of hydrogen-bond donors (Lipinski definition) is 0. The summed E-state index contributed by atoms with van der Waals surface area (Å²) in [5.41, 5.74) is 8.71. The molecule has 0 fully saturated rings. The van der Waals surface area contributed by atoms with Gasteiger partial charge in [0.1, 0.15) is 0 Å². The first kappa shape index (κ1) is 24.6. The molecule has 1 aliphatic carbocycles. The van der Waals surface area contributed by atoms with Crippen molar-refractivity contribution in [2.24, 2.45) is 0 Å². The van der Waals surface area contributed by atoms with Gasteiger partial charge in [-0.3, -0.25) is 0 Å². The number of unbranched alkanes of at least 4 members (excludes halogenated alkanes) is 6. The molecule has 3 aromatic carbocycles. The Balaban J connectivity index is 1.56. The van der Waals surface area contributed by atoms with Gasteiger partial charge in [0.05, 0.1) is 6.04 Å². The molecule has 36 heavy (non-hydrogen) atoms. The molecule has 0 saturated heterocycles. The van der Waals surface area contributed by atoms with Gasteiger partial charge in [-0.05, 0) is 65.3 Å². The van der Waals surface area contributed by atoms with Crippen LogP contribution in [0.15, 0.2) is 51.4 Å². The van der Waals surface area contributed by atoms with Crippen LogP contribution >= 0.6 is 31.9 Å². The van der Waals surface area contributed by atoms with E-state index in [4.69, 9.17) is 0 Å². The van der Waals surface area contributed by atoms with Gasteiger partial charge >= 0.3 is 0 Å². The van der Waals surface area contributed by atoms with Crippen LogP contribution in [-0.4, -0.2) is 19.1 Å². The predicted octanol–water partition coefficient (Wildman–Crippen LogP) is 10.3. The summed E-state index contributed by atoms with van der Waals surface area (Å²) in [5.74, 6) is 0.371. The molecule has 3 aliphatic rings. The maximum absolute atomic E-state index is 3.91. The van der Waals surface area contributed by atoms with Gasteiger partial charge in [0.2, 0.25) is 0 Å². The second-order valence-corrected chi connectivity index (χ2v) is 12.4. The first-order valence-electron chi connectivity index (χ1n) is 14.0. The summed E-state index contributed by atoms with van der Waals surface area (Å²) < 4.78 is 2.42. The fourth-order valence-electron chi connectivity index (χ4n) is 6.81. The van der Waals surface area contributed by atoms with Crippen molar-refractivity contribution >= 4 is 65.8 Å². The number of rotatable bonds is 10. The molecule has 2 atom stereocenters. The van der Waals surface area contributed by atoms with Crippen LogP contribution in [0.5, 0.6) is 0 Å². The lowest BCUT2D eigenvalue weighted by molar-refractivity contribution is 0.565. The van der Waals surface area contributed by atoms with Crippen molar-refractivity contribution < 1.29 is 0 Å². The molecule has 0 amide bonds. The summed E-state index contributed by atoms with van der Waals surface area (Å²) in [4.78, 5) is 5.37. The first-order valence-corrected chi connectivity index (χ1v) is 15.5. The molecule has 0 bridgehead atoms. The Morgan fingerprint density at radius 2 is 1.36 bits per heavy atom. The summed E-state index contributed by atoms with van der Waals surface area (Å²) in [5, 5.41) is 2.81. The van der Waals surface area contributed by atoms with Crippen LogP contribution in [0.1, 0.15) is 87.8 Å². The van der Waals surface area contributed by atoms with E-state index in [0.29, 0.717) is 12.0 Å². The Kier molecular flexibility index (Phi) is 6.94. The summed E-state index contributed by atoms with van der Waals surface area (Å²) >= 11 is 7.81. The fraction of sp³-hybridized carbons (Fsp3) is 0.438. The molecule has 0 radical (unpaired) electrons. The summed E-state index contributed by atoms with van der Waals surface area (Å²) in [6, 6.07) is 14.4. The molecular weight excluding hydrogens is 572 g/mol. The second-order valence-electron chi connectivity index (χ2n) is 10.7. The maximum Gasteiger partial charge on any atom is 0.0587 e. The van der Waals surface area contributed by atoms with Crippen molar-refractivity contribution in [3.8, 4) is 0 Å². The fourth-order valence-corrected chi connectivity index (χ4v) is 7.75. The van der Waals surface area contributed by atoms with E-state index in [9.17, 15) is 0 Å². The Morgan fingerprint density at radius 3 is 2.14 bits per heavy atom. The van der Waals surface area contributed by atoms with Crippen molar-refractivity contribution in [3.63, 3.8) is 0 Å². The maximum atomic E-state index is 3.91. The van der Waals surface area contributed by atoms with Gasteiger partial charge in [-0.15, -0.1) is 0 Å². The van der Waals surface area contributed by atoms with Crippen LogP contribution in [0.2, 0.25) is 0 Å². The Labute approximate surface area is 233 Å². The normalized spacial score (nSPS) is 18.9. The zero-order valence-corrected chi connectivity index (χ0v) is 24.7. The smallest absolute Gasteiger partial charge is 0.0587 e. The molecule has 2 aliphatic heterocycles. The topological polar surface area (TPSA) is 6.48 Å². The van der Waals surface area contributed by atoms with Crippen LogP contribution in [-0.2, 0) is 0 Å².